The van der Waals surface area contributed by atoms with Crippen molar-refractivity contribution in [2.24, 2.45) is 0 Å². The molecule has 3 nitrogen and oxygen atoms in total. The van der Waals surface area contributed by atoms with Crippen LogP contribution in [0.4, 0.5) is 32.2 Å². The van der Waals surface area contributed by atoms with E-state index in [4.69, 9.17) is 0 Å². The van der Waals surface area contributed by atoms with Crippen LogP contribution in [-0.2, 0) is 12.4 Å². The van der Waals surface area contributed by atoms with Gasteiger partial charge in [0.1, 0.15) is 11.5 Å². The molecule has 0 spiro atoms. The average Bonchev–Trinajstić information content (AvgIpc) is 2.46. The molecule has 0 saturated carbocycles. The van der Waals surface area contributed by atoms with Crippen molar-refractivity contribution in [3.05, 3.63) is 23.4 Å². The van der Waals surface area contributed by atoms with Gasteiger partial charge in [-0.05, 0) is 31.5 Å². The van der Waals surface area contributed by atoms with Crippen molar-refractivity contribution in [3.8, 4) is 0 Å². The first kappa shape index (κ1) is 17.8. The molecule has 1 aliphatic heterocycles. The lowest BCUT2D eigenvalue weighted by atomic mass is 10.0. The third kappa shape index (κ3) is 4.27. The largest absolute Gasteiger partial charge is 0.433 e. The summed E-state index contributed by atoms with van der Waals surface area (Å²) in [5, 5.41) is 3.19. The summed E-state index contributed by atoms with van der Waals surface area (Å²) >= 11 is 0. The molecule has 0 unspecified atom stereocenters. The smallest absolute Gasteiger partial charge is 0.356 e. The van der Waals surface area contributed by atoms with Gasteiger partial charge in [0.25, 0.3) is 0 Å². The van der Waals surface area contributed by atoms with Crippen LogP contribution in [0, 0.1) is 0 Å². The predicted octanol–water partition coefficient (Wildman–Crippen LogP) is 3.70. The minimum Gasteiger partial charge on any atom is -0.356 e. The Labute approximate surface area is 129 Å². The molecule has 2 heterocycles. The second-order valence-electron chi connectivity index (χ2n) is 5.38. The lowest BCUT2D eigenvalue weighted by Crippen LogP contribution is -2.43. The highest BCUT2D eigenvalue weighted by atomic mass is 19.4. The van der Waals surface area contributed by atoms with Gasteiger partial charge in [-0.25, -0.2) is 4.98 Å². The molecule has 0 bridgehead atoms. The zero-order chi connectivity index (χ0) is 17.3. The van der Waals surface area contributed by atoms with Crippen LogP contribution in [0.2, 0.25) is 0 Å². The lowest BCUT2D eigenvalue weighted by molar-refractivity contribution is -0.144. The maximum Gasteiger partial charge on any atom is 0.433 e. The molecule has 0 aliphatic carbocycles. The van der Waals surface area contributed by atoms with Crippen molar-refractivity contribution in [1.82, 2.24) is 10.3 Å². The first-order chi connectivity index (χ1) is 10.6. The second-order valence-corrected chi connectivity index (χ2v) is 5.38. The van der Waals surface area contributed by atoms with Crippen LogP contribution in [0.5, 0.6) is 0 Å². The molecule has 2 rings (SSSR count). The van der Waals surface area contributed by atoms with Crippen LogP contribution < -0.4 is 10.2 Å². The summed E-state index contributed by atoms with van der Waals surface area (Å²) in [4.78, 5) is 4.55. The van der Waals surface area contributed by atoms with E-state index >= 15 is 0 Å². The highest BCUT2D eigenvalue weighted by Gasteiger charge is 2.40. The third-order valence-corrected chi connectivity index (χ3v) is 3.76. The number of rotatable bonds is 3. The SMILES string of the molecule is CCNC1CCN(c2nc(C(F)(F)F)ccc2C(F)(F)F)CC1. The summed E-state index contributed by atoms with van der Waals surface area (Å²) in [6.07, 6.45) is -8.40. The van der Waals surface area contributed by atoms with Crippen molar-refractivity contribution in [1.29, 1.82) is 0 Å². The number of nitrogens with one attached hydrogen (secondary N) is 1. The molecular weight excluding hydrogens is 324 g/mol. The molecule has 0 aromatic carbocycles. The molecule has 0 radical (unpaired) electrons. The van der Waals surface area contributed by atoms with E-state index in [1.165, 1.54) is 4.90 Å². The molecule has 0 amide bonds. The van der Waals surface area contributed by atoms with E-state index in [-0.39, 0.29) is 19.1 Å². The van der Waals surface area contributed by atoms with Crippen LogP contribution in [0.3, 0.4) is 0 Å². The Hall–Kier alpha value is -1.51. The fourth-order valence-corrected chi connectivity index (χ4v) is 2.65. The molecule has 1 saturated heterocycles. The van der Waals surface area contributed by atoms with Crippen LogP contribution >= 0.6 is 0 Å². The van der Waals surface area contributed by atoms with E-state index in [1.54, 1.807) is 0 Å². The van der Waals surface area contributed by atoms with E-state index < -0.39 is 29.4 Å². The van der Waals surface area contributed by atoms with Gasteiger partial charge in [0, 0.05) is 19.1 Å². The number of nitrogens with zero attached hydrogens (tertiary/aromatic N) is 2. The molecule has 1 aromatic heterocycles. The van der Waals surface area contributed by atoms with Gasteiger partial charge in [0.2, 0.25) is 0 Å². The number of alkyl halides is 6. The van der Waals surface area contributed by atoms with Crippen LogP contribution in [0.15, 0.2) is 12.1 Å². The Morgan fingerprint density at radius 2 is 1.70 bits per heavy atom. The Kier molecular flexibility index (Phi) is 5.07. The van der Waals surface area contributed by atoms with Gasteiger partial charge in [-0.3, -0.25) is 0 Å². The fraction of sp³-hybridized carbons (Fsp3) is 0.643. The number of anilines is 1. The highest BCUT2D eigenvalue weighted by molar-refractivity contribution is 5.50. The third-order valence-electron chi connectivity index (χ3n) is 3.76. The highest BCUT2D eigenvalue weighted by Crippen LogP contribution is 2.39. The van der Waals surface area contributed by atoms with Crippen molar-refractivity contribution < 1.29 is 26.3 Å². The summed E-state index contributed by atoms with van der Waals surface area (Å²) < 4.78 is 77.5. The van der Waals surface area contributed by atoms with E-state index in [2.05, 4.69) is 10.3 Å². The molecule has 1 fully saturated rings. The van der Waals surface area contributed by atoms with Gasteiger partial charge in [-0.1, -0.05) is 6.92 Å². The normalized spacial score (nSPS) is 17.6. The first-order valence-corrected chi connectivity index (χ1v) is 7.26. The second kappa shape index (κ2) is 6.54. The van der Waals surface area contributed by atoms with Crippen LogP contribution in [-0.4, -0.2) is 30.7 Å². The molecule has 9 heteroatoms. The van der Waals surface area contributed by atoms with Gasteiger partial charge < -0.3 is 10.2 Å². The van der Waals surface area contributed by atoms with E-state index in [0.717, 1.165) is 6.54 Å². The topological polar surface area (TPSA) is 28.2 Å². The Balaban J connectivity index is 2.31. The Morgan fingerprint density at radius 1 is 1.09 bits per heavy atom. The quantitative estimate of drug-likeness (QED) is 0.850. The van der Waals surface area contributed by atoms with Crippen molar-refractivity contribution in [2.45, 2.75) is 38.2 Å². The van der Waals surface area contributed by atoms with Gasteiger partial charge in [-0.2, -0.15) is 26.3 Å². The summed E-state index contributed by atoms with van der Waals surface area (Å²) in [6.45, 7) is 3.12. The molecule has 1 N–H and O–H groups in total. The predicted molar refractivity (Wildman–Crippen MR) is 73.2 cm³/mol. The van der Waals surface area contributed by atoms with E-state index in [9.17, 15) is 26.3 Å². The van der Waals surface area contributed by atoms with Gasteiger partial charge in [0.15, 0.2) is 0 Å². The summed E-state index contributed by atoms with van der Waals surface area (Å²) in [5.74, 6) is -0.637. The molecule has 0 atom stereocenters. The number of aromatic nitrogens is 1. The van der Waals surface area contributed by atoms with Gasteiger partial charge in [-0.15, -0.1) is 0 Å². The maximum absolute atomic E-state index is 13.1. The van der Waals surface area contributed by atoms with Crippen molar-refractivity contribution in [3.63, 3.8) is 0 Å². The van der Waals surface area contributed by atoms with Crippen LogP contribution in [0.1, 0.15) is 31.0 Å². The molecular formula is C14H17F6N3. The van der Waals surface area contributed by atoms with Crippen molar-refractivity contribution in [2.75, 3.05) is 24.5 Å². The Bertz CT molecular complexity index is 532. The van der Waals surface area contributed by atoms with Crippen LogP contribution in [0.25, 0.3) is 0 Å². The minimum atomic E-state index is -4.78. The minimum absolute atomic E-state index is 0.163. The molecule has 130 valence electrons. The zero-order valence-corrected chi connectivity index (χ0v) is 12.4. The lowest BCUT2D eigenvalue weighted by Gasteiger charge is -2.34. The zero-order valence-electron chi connectivity index (χ0n) is 12.4. The average molecular weight is 341 g/mol. The van der Waals surface area contributed by atoms with E-state index in [0.29, 0.717) is 25.0 Å². The number of piperidine rings is 1. The number of hydrogen-bond acceptors (Lipinski definition) is 3. The summed E-state index contributed by atoms with van der Waals surface area (Å²) in [6, 6.07) is 0.996. The number of halogens is 6. The molecule has 1 aliphatic rings. The monoisotopic (exact) mass is 341 g/mol. The maximum atomic E-state index is 13.1. The van der Waals surface area contributed by atoms with E-state index in [1.807, 2.05) is 6.92 Å². The summed E-state index contributed by atoms with van der Waals surface area (Å²) in [7, 11) is 0. The summed E-state index contributed by atoms with van der Waals surface area (Å²) in [5.41, 5.74) is -2.44. The van der Waals surface area contributed by atoms with Crippen molar-refractivity contribution >= 4 is 5.82 Å². The molecule has 1 aromatic rings. The number of hydrogen-bond donors (Lipinski definition) is 1. The molecule has 23 heavy (non-hydrogen) atoms. The fourth-order valence-electron chi connectivity index (χ4n) is 2.65. The Morgan fingerprint density at radius 3 is 2.17 bits per heavy atom. The standard InChI is InChI=1S/C14H17F6N3/c1-2-21-9-5-7-23(8-6-9)12-10(13(15,16)17)3-4-11(22-12)14(18,19)20/h3-4,9,21H,2,5-8H2,1H3. The first-order valence-electron chi connectivity index (χ1n) is 7.26. The van der Waals surface area contributed by atoms with Gasteiger partial charge >= 0.3 is 12.4 Å². The number of pyridine rings is 1. The van der Waals surface area contributed by atoms with Gasteiger partial charge in [0.05, 0.1) is 5.56 Å².